The van der Waals surface area contributed by atoms with Gasteiger partial charge < -0.3 is 9.80 Å². The Balaban J connectivity index is 0.702. The molecular formula is C46H49ClN10O3. The van der Waals surface area contributed by atoms with Crippen LogP contribution in [-0.2, 0) is 34.8 Å². The van der Waals surface area contributed by atoms with E-state index in [4.69, 9.17) is 21.7 Å². The molecule has 5 aromatic rings. The van der Waals surface area contributed by atoms with E-state index in [0.29, 0.717) is 23.6 Å². The molecule has 6 heterocycles. The van der Waals surface area contributed by atoms with E-state index >= 15 is 0 Å². The fourth-order valence-electron chi connectivity index (χ4n) is 9.47. The van der Waals surface area contributed by atoms with E-state index in [1.54, 1.807) is 4.90 Å². The first-order chi connectivity index (χ1) is 29.2. The smallest absolute Gasteiger partial charge is 0.255 e. The molecule has 308 valence electrons. The highest BCUT2D eigenvalue weighted by Crippen LogP contribution is 2.52. The van der Waals surface area contributed by atoms with Gasteiger partial charge in [0.15, 0.2) is 5.82 Å². The summed E-state index contributed by atoms with van der Waals surface area (Å²) in [5, 5.41) is 16.9. The third kappa shape index (κ3) is 7.36. The van der Waals surface area contributed by atoms with Gasteiger partial charge in [0.25, 0.3) is 5.91 Å². The summed E-state index contributed by atoms with van der Waals surface area (Å²) in [5.74, 6) is 1.02. The molecule has 3 amide bonds. The number of benzene rings is 3. The lowest BCUT2D eigenvalue weighted by molar-refractivity contribution is -0.136. The van der Waals surface area contributed by atoms with Crippen molar-refractivity contribution in [2.24, 2.45) is 4.99 Å². The van der Waals surface area contributed by atoms with Crippen molar-refractivity contribution in [2.75, 3.05) is 32.7 Å². The van der Waals surface area contributed by atoms with Crippen molar-refractivity contribution in [2.45, 2.75) is 89.5 Å². The van der Waals surface area contributed by atoms with Gasteiger partial charge in [0.2, 0.25) is 11.8 Å². The fraction of sp³-hybridized carbons (Fsp3) is 0.413. The minimum absolute atomic E-state index is 0.115. The Morgan fingerprint density at radius 1 is 0.833 bits per heavy atom. The van der Waals surface area contributed by atoms with Crippen molar-refractivity contribution >= 4 is 35.0 Å². The largest absolute Gasteiger partial charge is 0.322 e. The van der Waals surface area contributed by atoms with E-state index in [9.17, 15) is 14.4 Å². The number of piperidine rings is 1. The number of carbonyl (C=O) groups excluding carboxylic acids is 3. The molecule has 1 N–H and O–H groups in total. The molecule has 3 aromatic carbocycles. The first-order valence-electron chi connectivity index (χ1n) is 21.4. The number of hydrogen-bond donors (Lipinski definition) is 1. The van der Waals surface area contributed by atoms with E-state index in [1.165, 1.54) is 12.8 Å². The summed E-state index contributed by atoms with van der Waals surface area (Å²) < 4.78 is 4.26. The zero-order valence-corrected chi connectivity index (χ0v) is 34.7. The standard InChI is InChI=1S/C46H49ClN10O3/c1-30-51-52-45-46(17-18-46)50-42(31-9-12-35(47)13-10-31)37-25-32(11-14-39(37)57(30)45)34-26-48-55(28-34)20-5-3-2-4-19-53-21-23-54(24-22-53)27-33-7-6-8-36-38(33)29-56(44(36)60)40-15-16-41(58)49-43(40)59/h6-14,25-26,28,40H,2-5,15-24,27,29H2,1H3,(H,49,58,59). The van der Waals surface area contributed by atoms with E-state index in [0.717, 1.165) is 128 Å². The molecule has 0 radical (unpaired) electrons. The van der Waals surface area contributed by atoms with Crippen LogP contribution >= 0.6 is 11.6 Å². The number of amides is 3. The van der Waals surface area contributed by atoms with Gasteiger partial charge in [-0.2, -0.15) is 5.10 Å². The molecule has 4 aliphatic heterocycles. The SMILES string of the molecule is Cc1nnc2n1-c1ccc(-c3cnn(CCCCCCN4CCN(Cc5cccc6c5CN(C5CCC(=O)NC5=O)C6=O)CC4)c3)cc1C(c1ccc(Cl)cc1)=NC21CC1. The normalized spacial score (nSPS) is 19.8. The van der Waals surface area contributed by atoms with Crippen molar-refractivity contribution in [3.05, 3.63) is 118 Å². The highest BCUT2D eigenvalue weighted by atomic mass is 35.5. The molecule has 1 saturated carbocycles. The first-order valence-corrected chi connectivity index (χ1v) is 21.8. The molecule has 1 atom stereocenters. The van der Waals surface area contributed by atoms with E-state index in [2.05, 4.69) is 77.2 Å². The Morgan fingerprint density at radius 3 is 2.38 bits per heavy atom. The second-order valence-corrected chi connectivity index (χ2v) is 17.4. The van der Waals surface area contributed by atoms with Gasteiger partial charge in [-0.3, -0.25) is 38.8 Å². The van der Waals surface area contributed by atoms with Crippen molar-refractivity contribution in [1.29, 1.82) is 0 Å². The Kier molecular flexibility index (Phi) is 10.2. The highest BCUT2D eigenvalue weighted by molar-refractivity contribution is 6.30. The van der Waals surface area contributed by atoms with Crippen LogP contribution < -0.4 is 5.32 Å². The number of halogens is 1. The number of rotatable bonds is 12. The lowest BCUT2D eigenvalue weighted by Gasteiger charge is -2.35. The van der Waals surface area contributed by atoms with Crippen molar-refractivity contribution in [1.82, 2.24) is 44.6 Å². The van der Waals surface area contributed by atoms with Gasteiger partial charge in [-0.15, -0.1) is 10.2 Å². The Morgan fingerprint density at radius 2 is 1.60 bits per heavy atom. The van der Waals surface area contributed by atoms with Gasteiger partial charge in [0.1, 0.15) is 17.4 Å². The third-order valence-electron chi connectivity index (χ3n) is 13.0. The maximum atomic E-state index is 13.3. The minimum Gasteiger partial charge on any atom is -0.322 e. The Hall–Kier alpha value is -5.50. The summed E-state index contributed by atoms with van der Waals surface area (Å²) >= 11 is 6.30. The lowest BCUT2D eigenvalue weighted by Crippen LogP contribution is -2.52. The summed E-state index contributed by atoms with van der Waals surface area (Å²) in [5.41, 5.74) is 8.76. The van der Waals surface area contributed by atoms with Crippen LogP contribution in [0.4, 0.5) is 0 Å². The van der Waals surface area contributed by atoms with Gasteiger partial charge in [0, 0.05) is 85.7 Å². The third-order valence-corrected chi connectivity index (χ3v) is 13.3. The topological polar surface area (TPSA) is 134 Å². The Labute approximate surface area is 354 Å². The number of aryl methyl sites for hydroxylation is 2. The molecule has 1 aliphatic carbocycles. The van der Waals surface area contributed by atoms with E-state index in [-0.39, 0.29) is 29.7 Å². The summed E-state index contributed by atoms with van der Waals surface area (Å²) in [6.45, 7) is 9.23. The molecule has 3 fully saturated rings. The number of nitrogens with one attached hydrogen (secondary N) is 1. The minimum atomic E-state index is -0.592. The molecule has 10 rings (SSSR count). The number of aliphatic imine (C=N–C) groups is 1. The zero-order chi connectivity index (χ0) is 41.0. The molecule has 2 aromatic heterocycles. The van der Waals surface area contributed by atoms with Crippen molar-refractivity contribution in [3.8, 4) is 16.8 Å². The van der Waals surface area contributed by atoms with Crippen LogP contribution in [0, 0.1) is 6.92 Å². The number of nitrogens with zero attached hydrogens (tertiary/aromatic N) is 9. The second-order valence-electron chi connectivity index (χ2n) is 17.0. The summed E-state index contributed by atoms with van der Waals surface area (Å²) in [4.78, 5) is 49.6. The molecule has 2 saturated heterocycles. The summed E-state index contributed by atoms with van der Waals surface area (Å²) in [6, 6.07) is 19.9. The van der Waals surface area contributed by atoms with Crippen LogP contribution in [0.5, 0.6) is 0 Å². The Bertz CT molecular complexity index is 2510. The molecule has 13 nitrogen and oxygen atoms in total. The lowest BCUT2D eigenvalue weighted by atomic mass is 9.96. The number of piperazine rings is 1. The molecule has 60 heavy (non-hydrogen) atoms. The molecule has 5 aliphatic rings. The fourth-order valence-corrected chi connectivity index (χ4v) is 9.59. The number of carbonyl (C=O) groups is 3. The first kappa shape index (κ1) is 38.7. The molecule has 1 spiro atoms. The van der Waals surface area contributed by atoms with E-state index < -0.39 is 6.04 Å². The number of hydrogen-bond acceptors (Lipinski definition) is 9. The number of unbranched alkanes of at least 4 members (excludes halogenated alkanes) is 3. The predicted octanol–water partition coefficient (Wildman–Crippen LogP) is 6.07. The predicted molar refractivity (Wildman–Crippen MR) is 228 cm³/mol. The summed E-state index contributed by atoms with van der Waals surface area (Å²) in [7, 11) is 0. The average molecular weight is 825 g/mol. The van der Waals surface area contributed by atoms with Gasteiger partial charge in [0.05, 0.1) is 17.6 Å². The monoisotopic (exact) mass is 824 g/mol. The van der Waals surface area contributed by atoms with Crippen molar-refractivity contribution < 1.29 is 14.4 Å². The van der Waals surface area contributed by atoms with E-state index in [1.807, 2.05) is 37.4 Å². The quantitative estimate of drug-likeness (QED) is 0.118. The second kappa shape index (κ2) is 15.8. The van der Waals surface area contributed by atoms with Crippen molar-refractivity contribution in [3.63, 3.8) is 0 Å². The van der Waals surface area contributed by atoms with Crippen LogP contribution in [-0.4, -0.2) is 101 Å². The average Bonchev–Trinajstić information content (AvgIpc) is 3.53. The highest BCUT2D eigenvalue weighted by Gasteiger charge is 2.51. The van der Waals surface area contributed by atoms with Crippen LogP contribution in [0.1, 0.15) is 95.6 Å². The van der Waals surface area contributed by atoms with Gasteiger partial charge in [-0.05, 0) is 92.6 Å². The van der Waals surface area contributed by atoms with Crippen LogP contribution in [0.15, 0.2) is 78.0 Å². The molecule has 14 heteroatoms. The summed E-state index contributed by atoms with van der Waals surface area (Å²) in [6.07, 6.45) is 11.3. The van der Waals surface area contributed by atoms with Crippen LogP contribution in [0.2, 0.25) is 5.02 Å². The number of imide groups is 1. The number of fused-ring (bicyclic) bond motifs is 5. The molecular weight excluding hydrogens is 776 g/mol. The number of aromatic nitrogens is 5. The van der Waals surface area contributed by atoms with Crippen LogP contribution in [0.25, 0.3) is 16.8 Å². The van der Waals surface area contributed by atoms with Gasteiger partial charge in [-0.1, -0.05) is 54.8 Å². The zero-order valence-electron chi connectivity index (χ0n) is 33.9. The van der Waals surface area contributed by atoms with Crippen LogP contribution in [0.3, 0.4) is 0 Å². The molecule has 1 unspecified atom stereocenters. The van der Waals surface area contributed by atoms with Gasteiger partial charge >= 0.3 is 0 Å². The molecule has 0 bridgehead atoms. The maximum absolute atomic E-state index is 13.3. The maximum Gasteiger partial charge on any atom is 0.255 e. The van der Waals surface area contributed by atoms with Gasteiger partial charge in [-0.25, -0.2) is 0 Å².